The second-order valence-corrected chi connectivity index (χ2v) is 9.17. The van der Waals surface area contributed by atoms with Gasteiger partial charge in [0.15, 0.2) is 12.2 Å². The molecule has 1 fully saturated rings. The average Bonchev–Trinajstić information content (AvgIpc) is 3.18. The molecule has 0 saturated carbocycles. The van der Waals surface area contributed by atoms with Gasteiger partial charge in [-0.15, -0.1) is 12.4 Å². The van der Waals surface area contributed by atoms with Crippen molar-refractivity contribution in [1.82, 2.24) is 0 Å². The van der Waals surface area contributed by atoms with E-state index in [2.05, 4.69) is 10.3 Å². The van der Waals surface area contributed by atoms with Crippen LogP contribution in [0.1, 0.15) is 31.4 Å². The number of rotatable bonds is 8. The Morgan fingerprint density at radius 3 is 2.83 bits per heavy atom. The molecule has 0 radical (unpaired) electrons. The number of fused-ring (bicyclic) bond motifs is 1. The first-order valence-electron chi connectivity index (χ1n) is 11.4. The van der Waals surface area contributed by atoms with E-state index in [9.17, 15) is 19.8 Å². The third-order valence-electron chi connectivity index (χ3n) is 5.87. The number of aliphatic hydroxyl groups is 2. The summed E-state index contributed by atoms with van der Waals surface area (Å²) in [6, 6.07) is 12.2. The number of aliphatic imine (C=N–C) groups is 1. The minimum Gasteiger partial charge on any atom is -0.491 e. The van der Waals surface area contributed by atoms with Gasteiger partial charge in [0.1, 0.15) is 11.6 Å². The topological polar surface area (TPSA) is 147 Å². The number of aliphatic hydroxyl groups excluding tert-OH is 1. The predicted molar refractivity (Wildman–Crippen MR) is 138 cm³/mol. The third-order valence-corrected chi connectivity index (χ3v) is 5.87. The SMILES string of the molecule is CC(C)(O)CCOc1ccccc1N1CCO[C@H]([C@@H](O)C(=O)Nc2ccc3c(c2)CN=C3N)C1=O.Cl. The van der Waals surface area contributed by atoms with Crippen LogP contribution in [0.2, 0.25) is 0 Å². The van der Waals surface area contributed by atoms with Crippen LogP contribution in [0.5, 0.6) is 5.75 Å². The van der Waals surface area contributed by atoms with Gasteiger partial charge in [0.25, 0.3) is 11.8 Å². The number of nitrogens with two attached hydrogens (primary N) is 1. The summed E-state index contributed by atoms with van der Waals surface area (Å²) in [5.41, 5.74) is 7.58. The van der Waals surface area contributed by atoms with Crippen molar-refractivity contribution in [1.29, 1.82) is 0 Å². The molecule has 5 N–H and O–H groups in total. The number of ether oxygens (including phenoxy) is 2. The summed E-state index contributed by atoms with van der Waals surface area (Å²) in [7, 11) is 0. The molecule has 0 unspecified atom stereocenters. The van der Waals surface area contributed by atoms with E-state index in [4.69, 9.17) is 15.2 Å². The van der Waals surface area contributed by atoms with Crippen LogP contribution in [0.25, 0.3) is 0 Å². The Balaban J connectivity index is 0.00000361. The molecule has 2 heterocycles. The first-order chi connectivity index (χ1) is 16.6. The average molecular weight is 519 g/mol. The van der Waals surface area contributed by atoms with E-state index in [0.717, 1.165) is 11.1 Å². The molecule has 11 heteroatoms. The van der Waals surface area contributed by atoms with Crippen LogP contribution in [0.4, 0.5) is 11.4 Å². The van der Waals surface area contributed by atoms with Crippen molar-refractivity contribution in [3.05, 3.63) is 53.6 Å². The molecule has 2 aromatic rings. The van der Waals surface area contributed by atoms with Crippen LogP contribution in [0.3, 0.4) is 0 Å². The molecule has 1 saturated heterocycles. The molecule has 2 aliphatic heterocycles. The summed E-state index contributed by atoms with van der Waals surface area (Å²) in [6.07, 6.45) is -2.69. The molecule has 0 aliphatic carbocycles. The Hall–Kier alpha value is -3.18. The van der Waals surface area contributed by atoms with Crippen LogP contribution in [-0.4, -0.2) is 65.4 Å². The molecule has 4 rings (SSSR count). The van der Waals surface area contributed by atoms with Crippen LogP contribution in [0.15, 0.2) is 47.5 Å². The molecule has 36 heavy (non-hydrogen) atoms. The number of amides is 2. The number of para-hydroxylation sites is 2. The van der Waals surface area contributed by atoms with Gasteiger partial charge in [0.05, 0.1) is 31.0 Å². The Morgan fingerprint density at radius 2 is 2.08 bits per heavy atom. The molecule has 10 nitrogen and oxygen atoms in total. The number of benzene rings is 2. The lowest BCUT2D eigenvalue weighted by Gasteiger charge is -2.34. The van der Waals surface area contributed by atoms with Crippen LogP contribution in [0, 0.1) is 0 Å². The van der Waals surface area contributed by atoms with Gasteiger partial charge in [-0.3, -0.25) is 14.6 Å². The maximum atomic E-state index is 13.2. The van der Waals surface area contributed by atoms with Gasteiger partial charge >= 0.3 is 0 Å². The standard InChI is InChI=1S/C25H30N4O6.ClH/c1-25(2,33)9-11-34-19-6-4-3-5-18(19)29-10-12-35-21(24(29)32)20(30)23(31)28-16-7-8-17-15(13-16)14-27-22(17)26;/h3-8,13,20-21,30,33H,9-12,14H2,1-2H3,(H2,26,27)(H,28,31);1H/t20-,21-;/m1./s1. The smallest absolute Gasteiger partial charge is 0.259 e. The fourth-order valence-corrected chi connectivity index (χ4v) is 3.95. The minimum atomic E-state index is -1.72. The summed E-state index contributed by atoms with van der Waals surface area (Å²) in [5.74, 6) is -0.396. The lowest BCUT2D eigenvalue weighted by molar-refractivity contribution is -0.150. The Labute approximate surface area is 215 Å². The number of nitrogens with one attached hydrogen (secondary N) is 1. The maximum absolute atomic E-state index is 13.2. The molecule has 194 valence electrons. The fraction of sp³-hybridized carbons (Fsp3) is 0.400. The number of hydrogen-bond acceptors (Lipinski definition) is 8. The predicted octanol–water partition coefficient (Wildman–Crippen LogP) is 1.60. The zero-order chi connectivity index (χ0) is 25.2. The van der Waals surface area contributed by atoms with Crippen molar-refractivity contribution >= 4 is 41.4 Å². The van der Waals surface area contributed by atoms with Crippen LogP contribution >= 0.6 is 12.4 Å². The highest BCUT2D eigenvalue weighted by molar-refractivity contribution is 6.05. The van der Waals surface area contributed by atoms with Gasteiger partial charge < -0.3 is 35.6 Å². The normalized spacial score (nSPS) is 18.1. The lowest BCUT2D eigenvalue weighted by atomic mass is 10.1. The number of hydrogen-bond donors (Lipinski definition) is 4. The summed E-state index contributed by atoms with van der Waals surface area (Å²) < 4.78 is 11.3. The fourth-order valence-electron chi connectivity index (χ4n) is 3.95. The number of halogens is 1. The lowest BCUT2D eigenvalue weighted by Crippen LogP contribution is -2.55. The van der Waals surface area contributed by atoms with Crippen LogP contribution in [-0.2, 0) is 20.9 Å². The maximum Gasteiger partial charge on any atom is 0.259 e. The van der Waals surface area contributed by atoms with E-state index in [1.165, 1.54) is 4.90 Å². The third kappa shape index (κ3) is 6.14. The molecule has 0 bridgehead atoms. The summed E-state index contributed by atoms with van der Waals surface area (Å²) in [5, 5.41) is 23.2. The zero-order valence-corrected chi connectivity index (χ0v) is 21.0. The Kier molecular flexibility index (Phi) is 8.57. The second kappa shape index (κ2) is 11.3. The van der Waals surface area contributed by atoms with Gasteiger partial charge in [-0.1, -0.05) is 12.1 Å². The molecule has 2 amide bonds. The molecule has 2 aliphatic rings. The molecule has 2 atom stereocenters. The first kappa shape index (κ1) is 27.4. The summed E-state index contributed by atoms with van der Waals surface area (Å²) in [4.78, 5) is 31.6. The molecule has 0 aromatic heterocycles. The van der Waals surface area contributed by atoms with Crippen molar-refractivity contribution in [2.75, 3.05) is 30.0 Å². The number of carbonyl (C=O) groups is 2. The van der Waals surface area contributed by atoms with Gasteiger partial charge in [-0.05, 0) is 49.7 Å². The first-order valence-corrected chi connectivity index (χ1v) is 11.4. The number of carbonyl (C=O) groups excluding carboxylic acids is 2. The number of nitrogens with zero attached hydrogens (tertiary/aromatic N) is 2. The monoisotopic (exact) mass is 518 g/mol. The minimum absolute atomic E-state index is 0. The van der Waals surface area contributed by atoms with E-state index in [0.29, 0.717) is 35.9 Å². The number of morpholine rings is 1. The molecule has 2 aromatic carbocycles. The van der Waals surface area contributed by atoms with E-state index in [-0.39, 0.29) is 32.2 Å². The Bertz CT molecular complexity index is 1150. The van der Waals surface area contributed by atoms with Crippen molar-refractivity contribution in [2.24, 2.45) is 10.7 Å². The van der Waals surface area contributed by atoms with E-state index < -0.39 is 29.6 Å². The molecule has 0 spiro atoms. The number of anilines is 2. The van der Waals surface area contributed by atoms with Crippen molar-refractivity contribution in [2.45, 2.75) is 44.6 Å². The van der Waals surface area contributed by atoms with E-state index in [1.54, 1.807) is 56.3 Å². The highest BCUT2D eigenvalue weighted by Gasteiger charge is 2.40. The van der Waals surface area contributed by atoms with Gasteiger partial charge in [0, 0.05) is 24.2 Å². The highest BCUT2D eigenvalue weighted by Crippen LogP contribution is 2.31. The van der Waals surface area contributed by atoms with Gasteiger partial charge in [0.2, 0.25) is 0 Å². The Morgan fingerprint density at radius 1 is 1.33 bits per heavy atom. The van der Waals surface area contributed by atoms with Crippen molar-refractivity contribution in [3.63, 3.8) is 0 Å². The number of amidine groups is 1. The second-order valence-electron chi connectivity index (χ2n) is 9.17. The molecular formula is C25H31ClN4O6. The zero-order valence-electron chi connectivity index (χ0n) is 20.1. The quantitative estimate of drug-likeness (QED) is 0.415. The molecular weight excluding hydrogens is 488 g/mol. The van der Waals surface area contributed by atoms with Crippen molar-refractivity contribution < 1.29 is 29.3 Å². The van der Waals surface area contributed by atoms with E-state index in [1.807, 2.05) is 0 Å². The summed E-state index contributed by atoms with van der Waals surface area (Å²) in [6.45, 7) is 4.43. The largest absolute Gasteiger partial charge is 0.491 e. The van der Waals surface area contributed by atoms with Gasteiger partial charge in [-0.25, -0.2) is 0 Å². The van der Waals surface area contributed by atoms with Gasteiger partial charge in [-0.2, -0.15) is 0 Å². The van der Waals surface area contributed by atoms with Crippen LogP contribution < -0.4 is 20.7 Å². The highest BCUT2D eigenvalue weighted by atomic mass is 35.5. The summed E-state index contributed by atoms with van der Waals surface area (Å²) >= 11 is 0. The van der Waals surface area contributed by atoms with Crippen molar-refractivity contribution in [3.8, 4) is 5.75 Å². The van der Waals surface area contributed by atoms with E-state index >= 15 is 0 Å².